The van der Waals surface area contributed by atoms with E-state index in [0.29, 0.717) is 42.2 Å². The molecule has 0 N–H and O–H groups in total. The molecule has 0 spiro atoms. The van der Waals surface area contributed by atoms with Gasteiger partial charge in [-0.2, -0.15) is 5.10 Å². The first kappa shape index (κ1) is 22.9. The minimum Gasteiger partial charge on any atom is -0.497 e. The first-order chi connectivity index (χ1) is 17.1. The van der Waals surface area contributed by atoms with Crippen LogP contribution in [-0.4, -0.2) is 48.8 Å². The third-order valence-electron chi connectivity index (χ3n) is 6.53. The van der Waals surface area contributed by atoms with E-state index in [1.165, 1.54) is 0 Å². The average Bonchev–Trinajstić information content (AvgIpc) is 3.27. The van der Waals surface area contributed by atoms with Crippen LogP contribution in [0.4, 0.5) is 0 Å². The topological polar surface area (TPSA) is 84.2 Å². The number of fused-ring (bicyclic) bond motifs is 3. The third-order valence-corrected chi connectivity index (χ3v) is 6.53. The maximum absolute atomic E-state index is 13.2. The van der Waals surface area contributed by atoms with Crippen LogP contribution in [0.5, 0.6) is 17.2 Å². The van der Waals surface area contributed by atoms with Crippen molar-refractivity contribution in [2.45, 2.75) is 25.4 Å². The Morgan fingerprint density at radius 2 is 1.69 bits per heavy atom. The van der Waals surface area contributed by atoms with E-state index in [1.807, 2.05) is 47.0 Å². The standard InChI is InChI=1S/C27H27N3O5/c1-32-15-22-26(16-5-7-18(33-2)8-6-16)27-28-14-21-23(30(27)29-22)11-17(12-24(21)31)20-10-9-19(34-3)13-25(20)35-4/h5-10,13-14,17H,11-12,15H2,1-4H3. The van der Waals surface area contributed by atoms with Crippen molar-refractivity contribution in [2.24, 2.45) is 0 Å². The van der Waals surface area contributed by atoms with Crippen molar-refractivity contribution in [2.75, 3.05) is 28.4 Å². The quantitative estimate of drug-likeness (QED) is 0.391. The van der Waals surface area contributed by atoms with Crippen molar-refractivity contribution >= 4 is 11.4 Å². The van der Waals surface area contributed by atoms with E-state index < -0.39 is 0 Å². The van der Waals surface area contributed by atoms with Crippen molar-refractivity contribution in [3.63, 3.8) is 0 Å². The molecular weight excluding hydrogens is 446 g/mol. The van der Waals surface area contributed by atoms with E-state index in [-0.39, 0.29) is 11.7 Å². The molecule has 1 unspecified atom stereocenters. The van der Waals surface area contributed by atoms with E-state index >= 15 is 0 Å². The minimum atomic E-state index is -0.0547. The van der Waals surface area contributed by atoms with Gasteiger partial charge in [0.05, 0.1) is 50.5 Å². The van der Waals surface area contributed by atoms with Crippen molar-refractivity contribution in [1.29, 1.82) is 0 Å². The molecule has 1 atom stereocenters. The number of ether oxygens (including phenoxy) is 4. The Kier molecular flexibility index (Phi) is 6.13. The van der Waals surface area contributed by atoms with Gasteiger partial charge in [-0.3, -0.25) is 4.79 Å². The van der Waals surface area contributed by atoms with E-state index in [9.17, 15) is 4.79 Å². The first-order valence-corrected chi connectivity index (χ1v) is 11.4. The number of hydrogen-bond donors (Lipinski definition) is 0. The van der Waals surface area contributed by atoms with Crippen LogP contribution >= 0.6 is 0 Å². The summed E-state index contributed by atoms with van der Waals surface area (Å²) in [4.78, 5) is 17.9. The average molecular weight is 474 g/mol. The van der Waals surface area contributed by atoms with Crippen LogP contribution in [0.2, 0.25) is 0 Å². The molecule has 0 radical (unpaired) electrons. The van der Waals surface area contributed by atoms with Crippen LogP contribution in [0.3, 0.4) is 0 Å². The van der Waals surface area contributed by atoms with Gasteiger partial charge in [0.25, 0.3) is 0 Å². The Hall–Kier alpha value is -3.91. The molecule has 0 amide bonds. The predicted octanol–water partition coefficient (Wildman–Crippen LogP) is 4.48. The zero-order chi connectivity index (χ0) is 24.5. The Labute approximate surface area is 203 Å². The number of ketones is 1. The van der Waals surface area contributed by atoms with Gasteiger partial charge in [0.2, 0.25) is 0 Å². The molecule has 0 saturated carbocycles. The zero-order valence-corrected chi connectivity index (χ0v) is 20.2. The number of hydrogen-bond acceptors (Lipinski definition) is 7. The number of rotatable bonds is 7. The molecule has 0 aliphatic heterocycles. The summed E-state index contributed by atoms with van der Waals surface area (Å²) < 4.78 is 23.5. The number of carbonyl (C=O) groups is 1. The molecular formula is C27H27N3O5. The molecule has 8 heteroatoms. The van der Waals surface area contributed by atoms with Crippen molar-refractivity contribution in [3.8, 4) is 28.4 Å². The molecule has 2 aromatic carbocycles. The molecule has 0 fully saturated rings. The second-order valence-corrected chi connectivity index (χ2v) is 8.47. The van der Waals surface area contributed by atoms with Crippen LogP contribution in [0.25, 0.3) is 16.8 Å². The number of methoxy groups -OCH3 is 4. The Bertz CT molecular complexity index is 1390. The Morgan fingerprint density at radius 3 is 2.37 bits per heavy atom. The van der Waals surface area contributed by atoms with Crippen LogP contribution in [0, 0.1) is 0 Å². The molecule has 2 heterocycles. The number of benzene rings is 2. The summed E-state index contributed by atoms with van der Waals surface area (Å²) in [6.07, 6.45) is 2.68. The number of nitrogens with zero attached hydrogens (tertiary/aromatic N) is 3. The molecule has 5 rings (SSSR count). The second kappa shape index (κ2) is 9.38. The molecule has 1 aliphatic carbocycles. The highest BCUT2D eigenvalue weighted by molar-refractivity contribution is 5.99. The van der Waals surface area contributed by atoms with Gasteiger partial charge in [0.1, 0.15) is 17.2 Å². The fourth-order valence-corrected chi connectivity index (χ4v) is 4.81. The summed E-state index contributed by atoms with van der Waals surface area (Å²) in [5.41, 5.74) is 5.70. The van der Waals surface area contributed by atoms with E-state index in [4.69, 9.17) is 24.0 Å². The normalized spacial score (nSPS) is 15.2. The van der Waals surface area contributed by atoms with Gasteiger partial charge >= 0.3 is 0 Å². The van der Waals surface area contributed by atoms with Gasteiger partial charge in [-0.25, -0.2) is 9.50 Å². The summed E-state index contributed by atoms with van der Waals surface area (Å²) in [6.45, 7) is 0.323. The van der Waals surface area contributed by atoms with Gasteiger partial charge in [0.15, 0.2) is 11.4 Å². The van der Waals surface area contributed by atoms with Crippen LogP contribution in [-0.2, 0) is 17.8 Å². The van der Waals surface area contributed by atoms with Crippen molar-refractivity contribution in [1.82, 2.24) is 14.6 Å². The monoisotopic (exact) mass is 473 g/mol. The molecule has 4 aromatic rings. The molecule has 2 aromatic heterocycles. The van der Waals surface area contributed by atoms with Crippen LogP contribution < -0.4 is 14.2 Å². The van der Waals surface area contributed by atoms with Crippen LogP contribution in [0.15, 0.2) is 48.7 Å². The summed E-state index contributed by atoms with van der Waals surface area (Å²) in [6, 6.07) is 13.5. The van der Waals surface area contributed by atoms with E-state index in [1.54, 1.807) is 34.6 Å². The maximum atomic E-state index is 13.2. The van der Waals surface area contributed by atoms with E-state index in [0.717, 1.165) is 33.8 Å². The van der Waals surface area contributed by atoms with Gasteiger partial charge in [-0.05, 0) is 35.7 Å². The lowest BCUT2D eigenvalue weighted by Crippen LogP contribution is -2.23. The molecule has 180 valence electrons. The SMILES string of the molecule is COCc1nn2c3c(cnc2c1-c1ccc(OC)cc1)C(=O)CC(c1ccc(OC)cc1OC)C3. The van der Waals surface area contributed by atoms with Gasteiger partial charge in [-0.1, -0.05) is 18.2 Å². The Morgan fingerprint density at radius 1 is 0.943 bits per heavy atom. The van der Waals surface area contributed by atoms with Crippen LogP contribution in [0.1, 0.15) is 39.6 Å². The lowest BCUT2D eigenvalue weighted by molar-refractivity contribution is 0.0961. The van der Waals surface area contributed by atoms with E-state index in [2.05, 4.69) is 4.98 Å². The molecule has 35 heavy (non-hydrogen) atoms. The molecule has 1 aliphatic rings. The fraction of sp³-hybridized carbons (Fsp3) is 0.296. The molecule has 0 saturated heterocycles. The number of Topliss-reactive ketones (excluding diaryl/α,β-unsaturated/α-hetero) is 1. The molecule has 8 nitrogen and oxygen atoms in total. The summed E-state index contributed by atoms with van der Waals surface area (Å²) in [7, 11) is 6.53. The minimum absolute atomic E-state index is 0.0401. The smallest absolute Gasteiger partial charge is 0.166 e. The number of carbonyl (C=O) groups excluding carboxylic acids is 1. The van der Waals surface area contributed by atoms with Gasteiger partial charge < -0.3 is 18.9 Å². The third kappa shape index (κ3) is 4.00. The zero-order valence-electron chi connectivity index (χ0n) is 20.2. The second-order valence-electron chi connectivity index (χ2n) is 8.47. The number of aromatic nitrogens is 3. The highest BCUT2D eigenvalue weighted by Gasteiger charge is 2.32. The van der Waals surface area contributed by atoms with Gasteiger partial charge in [0, 0.05) is 31.7 Å². The van der Waals surface area contributed by atoms with Gasteiger partial charge in [-0.15, -0.1) is 0 Å². The highest BCUT2D eigenvalue weighted by Crippen LogP contribution is 2.39. The first-order valence-electron chi connectivity index (χ1n) is 11.4. The summed E-state index contributed by atoms with van der Waals surface area (Å²) >= 11 is 0. The highest BCUT2D eigenvalue weighted by atomic mass is 16.5. The fourth-order valence-electron chi connectivity index (χ4n) is 4.81. The Balaban J connectivity index is 1.64. The largest absolute Gasteiger partial charge is 0.497 e. The maximum Gasteiger partial charge on any atom is 0.166 e. The summed E-state index contributed by atoms with van der Waals surface area (Å²) in [5.74, 6) is 2.17. The lowest BCUT2D eigenvalue weighted by atomic mass is 9.81. The van der Waals surface area contributed by atoms with Crippen molar-refractivity contribution in [3.05, 3.63) is 71.2 Å². The van der Waals surface area contributed by atoms with Crippen molar-refractivity contribution < 1.29 is 23.7 Å². The predicted molar refractivity (Wildman–Crippen MR) is 131 cm³/mol. The lowest BCUT2D eigenvalue weighted by Gasteiger charge is -2.25. The summed E-state index contributed by atoms with van der Waals surface area (Å²) in [5, 5.41) is 4.86. The molecule has 0 bridgehead atoms.